The number of pyridine rings is 5. The van der Waals surface area contributed by atoms with Crippen molar-refractivity contribution in [2.45, 2.75) is 19.4 Å². The summed E-state index contributed by atoms with van der Waals surface area (Å²) in [6, 6.07) is 32.5. The zero-order chi connectivity index (χ0) is 36.5. The molecule has 2 aromatic carbocycles. The van der Waals surface area contributed by atoms with Crippen LogP contribution in [0.25, 0.3) is 33.9 Å². The molecule has 0 unspecified atom stereocenters. The van der Waals surface area contributed by atoms with E-state index in [1.54, 1.807) is 73.6 Å². The first kappa shape index (κ1) is 39.8. The minimum Gasteiger partial charge on any atom is -0.352 e. The van der Waals surface area contributed by atoms with Crippen LogP contribution in [-0.4, -0.2) is 30.8 Å². The number of rotatable bonds is 8. The molecule has 1 radical (unpaired) electrons. The summed E-state index contributed by atoms with van der Waals surface area (Å²) >= 11 is 0. The standard InChI is InChI=1S/C19H18N4O.2C11H6F2N.Ir/c24-19(7-5-15-8-11-20-12-9-15)23-14-16-4-6-18(22-13-16)17-3-1-2-10-21-17;2*12-8-4-5-9(10(13)7-8)11-3-1-2-6-14-11;/h1-4,6,8-13H,5,7,14H2,(H,23,24);2*1-4,6-7H;/q;2*-1;. The van der Waals surface area contributed by atoms with Gasteiger partial charge in [-0.25, -0.2) is 0 Å². The van der Waals surface area contributed by atoms with E-state index in [1.165, 1.54) is 0 Å². The average Bonchev–Trinajstić information content (AvgIpc) is 3.18. The molecule has 0 atom stereocenters. The van der Waals surface area contributed by atoms with Crippen LogP contribution >= 0.6 is 0 Å². The van der Waals surface area contributed by atoms with Gasteiger partial charge in [-0.2, -0.15) is 0 Å². The molecule has 0 saturated carbocycles. The van der Waals surface area contributed by atoms with Gasteiger partial charge in [-0.1, -0.05) is 59.7 Å². The predicted molar refractivity (Wildman–Crippen MR) is 189 cm³/mol. The van der Waals surface area contributed by atoms with E-state index in [1.807, 2.05) is 42.5 Å². The van der Waals surface area contributed by atoms with Gasteiger partial charge in [0, 0.05) is 93.5 Å². The van der Waals surface area contributed by atoms with Gasteiger partial charge in [-0.15, -0.1) is 24.3 Å². The SMILES string of the molecule is Fc1c[c-]c(-c2ccccn2)c(F)c1.Fc1c[c-]c(-c2ccccn2)c(F)c1.O=C(CCc1ccncc1)NCc1ccc(-c2ccccn2)nc1.[Ir]. The van der Waals surface area contributed by atoms with E-state index in [0.717, 1.165) is 46.8 Å². The number of hydrogen-bond acceptors (Lipinski definition) is 6. The van der Waals surface area contributed by atoms with E-state index in [0.29, 0.717) is 30.8 Å². The van der Waals surface area contributed by atoms with Crippen LogP contribution in [0.3, 0.4) is 0 Å². The molecule has 0 spiro atoms. The van der Waals surface area contributed by atoms with Crippen LogP contribution in [0.15, 0.2) is 140 Å². The number of nitrogens with one attached hydrogen (secondary N) is 1. The Morgan fingerprint density at radius 1 is 0.585 bits per heavy atom. The summed E-state index contributed by atoms with van der Waals surface area (Å²) in [5.74, 6) is -2.54. The Kier molecular flexibility index (Phi) is 15.6. The molecular weight excluding hydrogens is 861 g/mol. The molecule has 0 fully saturated rings. The molecule has 5 heterocycles. The summed E-state index contributed by atoms with van der Waals surface area (Å²) in [5, 5.41) is 2.92. The van der Waals surface area contributed by atoms with Crippen molar-refractivity contribution in [3.63, 3.8) is 0 Å². The Morgan fingerprint density at radius 3 is 1.55 bits per heavy atom. The maximum atomic E-state index is 13.2. The van der Waals surface area contributed by atoms with Crippen LogP contribution in [0.2, 0.25) is 0 Å². The Bertz CT molecular complexity index is 2060. The molecule has 5 aromatic heterocycles. The van der Waals surface area contributed by atoms with E-state index in [9.17, 15) is 22.4 Å². The first-order chi connectivity index (χ1) is 25.4. The number of aryl methyl sites for hydroxylation is 1. The van der Waals surface area contributed by atoms with E-state index in [4.69, 9.17) is 0 Å². The van der Waals surface area contributed by atoms with Crippen molar-refractivity contribution in [3.8, 4) is 33.9 Å². The maximum Gasteiger partial charge on any atom is 0.220 e. The number of carbonyl (C=O) groups excluding carboxylic acids is 1. The second-order valence-corrected chi connectivity index (χ2v) is 10.9. The Labute approximate surface area is 317 Å². The monoisotopic (exact) mass is 891 g/mol. The Hall–Kier alpha value is -5.97. The number of aromatic nitrogens is 5. The van der Waals surface area contributed by atoms with Crippen LogP contribution in [-0.2, 0) is 37.9 Å². The fraction of sp³-hybridized carbons (Fsp3) is 0.0732. The third-order valence-corrected chi connectivity index (χ3v) is 7.19. The molecule has 7 aromatic rings. The van der Waals surface area contributed by atoms with Gasteiger partial charge in [-0.3, -0.25) is 37.3 Å². The van der Waals surface area contributed by atoms with Crippen LogP contribution in [0.1, 0.15) is 17.5 Å². The summed E-state index contributed by atoms with van der Waals surface area (Å²) in [6.45, 7) is 0.477. The number of carbonyl (C=O) groups is 1. The zero-order valence-corrected chi connectivity index (χ0v) is 30.3. The summed E-state index contributed by atoms with van der Waals surface area (Å²) in [4.78, 5) is 32.4. The van der Waals surface area contributed by atoms with Gasteiger partial charge in [0.25, 0.3) is 0 Å². The summed E-state index contributed by atoms with van der Waals surface area (Å²) < 4.78 is 51.6. The number of halogens is 4. The molecule has 7 rings (SSSR count). The largest absolute Gasteiger partial charge is 0.352 e. The van der Waals surface area contributed by atoms with E-state index in [-0.39, 0.29) is 37.1 Å². The number of amides is 1. The summed E-state index contributed by atoms with van der Waals surface area (Å²) in [5.41, 5.74) is 5.01. The topological polar surface area (TPSA) is 93.5 Å². The van der Waals surface area contributed by atoms with Gasteiger partial charge in [0.15, 0.2) is 0 Å². The average molecular weight is 891 g/mol. The number of nitrogens with zero attached hydrogens (tertiary/aromatic N) is 5. The Morgan fingerprint density at radius 2 is 1.09 bits per heavy atom. The van der Waals surface area contributed by atoms with Crippen molar-refractivity contribution < 1.29 is 42.5 Å². The minimum absolute atomic E-state index is 0. The van der Waals surface area contributed by atoms with Crippen LogP contribution < -0.4 is 5.32 Å². The van der Waals surface area contributed by atoms with Crippen molar-refractivity contribution >= 4 is 5.91 Å². The van der Waals surface area contributed by atoms with Crippen molar-refractivity contribution in [1.29, 1.82) is 0 Å². The smallest absolute Gasteiger partial charge is 0.220 e. The molecule has 7 nitrogen and oxygen atoms in total. The third kappa shape index (κ3) is 12.6. The fourth-order valence-electron chi connectivity index (χ4n) is 4.59. The second kappa shape index (κ2) is 20.8. The molecule has 12 heteroatoms. The van der Waals surface area contributed by atoms with Crippen LogP contribution in [0.5, 0.6) is 0 Å². The van der Waals surface area contributed by atoms with Gasteiger partial charge in [-0.05, 0) is 71.4 Å². The zero-order valence-electron chi connectivity index (χ0n) is 27.9. The summed E-state index contributed by atoms with van der Waals surface area (Å²) in [6.07, 6.45) is 11.3. The molecular formula is C41H30F4IrN6O-2. The van der Waals surface area contributed by atoms with E-state index in [2.05, 4.69) is 42.4 Å². The molecule has 0 aliphatic rings. The number of benzene rings is 2. The fourth-order valence-corrected chi connectivity index (χ4v) is 4.59. The molecule has 1 N–H and O–H groups in total. The third-order valence-electron chi connectivity index (χ3n) is 7.19. The predicted octanol–water partition coefficient (Wildman–Crippen LogP) is 8.44. The molecule has 53 heavy (non-hydrogen) atoms. The summed E-state index contributed by atoms with van der Waals surface area (Å²) in [7, 11) is 0. The van der Waals surface area contributed by atoms with E-state index >= 15 is 0 Å². The van der Waals surface area contributed by atoms with Crippen LogP contribution in [0.4, 0.5) is 17.6 Å². The second-order valence-electron chi connectivity index (χ2n) is 10.9. The molecule has 0 bridgehead atoms. The molecule has 0 aliphatic carbocycles. The minimum atomic E-state index is -0.649. The van der Waals surface area contributed by atoms with Crippen molar-refractivity contribution in [2.75, 3.05) is 0 Å². The first-order valence-corrected chi connectivity index (χ1v) is 15.9. The molecule has 1 amide bonds. The Balaban J connectivity index is 0.000000187. The first-order valence-electron chi connectivity index (χ1n) is 15.9. The van der Waals surface area contributed by atoms with Gasteiger partial charge >= 0.3 is 0 Å². The van der Waals surface area contributed by atoms with Gasteiger partial charge in [0.2, 0.25) is 5.91 Å². The van der Waals surface area contributed by atoms with E-state index < -0.39 is 23.3 Å². The van der Waals surface area contributed by atoms with Crippen LogP contribution in [0, 0.1) is 35.4 Å². The quantitative estimate of drug-likeness (QED) is 0.122. The number of hydrogen-bond donors (Lipinski definition) is 1. The van der Waals surface area contributed by atoms with Gasteiger partial charge < -0.3 is 15.3 Å². The van der Waals surface area contributed by atoms with Crippen molar-refractivity contribution in [1.82, 2.24) is 30.2 Å². The van der Waals surface area contributed by atoms with Gasteiger partial charge in [0.05, 0.1) is 11.4 Å². The molecule has 0 aliphatic heterocycles. The normalized spacial score (nSPS) is 10.0. The maximum absolute atomic E-state index is 13.2. The van der Waals surface area contributed by atoms with Crippen molar-refractivity contribution in [3.05, 3.63) is 187 Å². The van der Waals surface area contributed by atoms with Gasteiger partial charge in [0.1, 0.15) is 0 Å². The van der Waals surface area contributed by atoms with Crippen molar-refractivity contribution in [2.24, 2.45) is 0 Å². The molecule has 269 valence electrons. The molecule has 0 saturated heterocycles.